The van der Waals surface area contributed by atoms with Crippen LogP contribution in [0.4, 0.5) is 5.82 Å². The van der Waals surface area contributed by atoms with Gasteiger partial charge in [0.25, 0.3) is 0 Å². The Labute approximate surface area is 246 Å². The number of carbonyl (C=O) groups is 2. The Kier molecular flexibility index (Phi) is 9.34. The molecule has 0 aliphatic carbocycles. The van der Waals surface area contributed by atoms with Crippen molar-refractivity contribution in [1.29, 1.82) is 0 Å². The molecule has 1 aromatic heterocycles. The monoisotopic (exact) mass is 580 g/mol. The van der Waals surface area contributed by atoms with Gasteiger partial charge in [0, 0.05) is 30.2 Å². The van der Waals surface area contributed by atoms with Crippen molar-refractivity contribution >= 4 is 29.4 Å². The van der Waals surface area contributed by atoms with Gasteiger partial charge in [0.2, 0.25) is 11.8 Å². The molecule has 1 aliphatic rings. The lowest BCUT2D eigenvalue weighted by Gasteiger charge is -2.25. The van der Waals surface area contributed by atoms with Gasteiger partial charge in [-0.3, -0.25) is 14.5 Å². The van der Waals surface area contributed by atoms with Gasteiger partial charge in [-0.25, -0.2) is 4.68 Å². The molecule has 3 aromatic rings. The second kappa shape index (κ2) is 12.6. The summed E-state index contributed by atoms with van der Waals surface area (Å²) in [4.78, 5) is 28.6. The molecule has 10 heteroatoms. The summed E-state index contributed by atoms with van der Waals surface area (Å²) < 4.78 is 18.3. The Hall–Kier alpha value is -3.50. The highest BCUT2D eigenvalue weighted by Crippen LogP contribution is 2.51. The predicted molar refractivity (Wildman–Crippen MR) is 163 cm³/mol. The summed E-state index contributed by atoms with van der Waals surface area (Å²) in [5, 5.41) is 7.74. The molecule has 1 aliphatic heterocycles. The molecule has 0 saturated heterocycles. The van der Waals surface area contributed by atoms with E-state index in [4.69, 9.17) is 19.3 Å². The van der Waals surface area contributed by atoms with Crippen LogP contribution >= 0.6 is 11.8 Å². The Morgan fingerprint density at radius 1 is 1.10 bits per heavy atom. The van der Waals surface area contributed by atoms with Gasteiger partial charge in [0.1, 0.15) is 23.9 Å². The number of fused-ring (bicyclic) bond motifs is 1. The van der Waals surface area contributed by atoms with Crippen molar-refractivity contribution in [3.8, 4) is 17.2 Å². The number of benzene rings is 2. The van der Waals surface area contributed by atoms with Gasteiger partial charge >= 0.3 is 0 Å². The summed E-state index contributed by atoms with van der Waals surface area (Å²) in [5.41, 5.74) is 5.21. The lowest BCUT2D eigenvalue weighted by molar-refractivity contribution is -0.123. The van der Waals surface area contributed by atoms with Crippen LogP contribution in [0.5, 0.6) is 11.5 Å². The maximum atomic E-state index is 13.9. The van der Waals surface area contributed by atoms with E-state index in [1.165, 1.54) is 11.8 Å². The Morgan fingerprint density at radius 2 is 1.85 bits per heavy atom. The summed E-state index contributed by atoms with van der Waals surface area (Å²) in [6.45, 7) is 11.0. The third-order valence-corrected chi connectivity index (χ3v) is 8.27. The number of hydrogen-bond donors (Lipinski definition) is 1. The normalized spacial score (nSPS) is 15.4. The van der Waals surface area contributed by atoms with Gasteiger partial charge in [-0.2, -0.15) is 5.10 Å². The maximum Gasteiger partial charge on any atom is 0.240 e. The zero-order valence-corrected chi connectivity index (χ0v) is 26.0. The number of carbonyl (C=O) groups excluding carboxylic acids is 2. The first-order valence-corrected chi connectivity index (χ1v) is 14.7. The highest BCUT2D eigenvalue weighted by atomic mass is 32.2. The number of aryl methyl sites for hydroxylation is 2. The van der Waals surface area contributed by atoms with Crippen LogP contribution in [0.3, 0.4) is 0 Å². The summed E-state index contributed by atoms with van der Waals surface area (Å²) in [6.07, 6.45) is 0. The standard InChI is InChI=1S/C31H40N4O5S/c1-19-9-11-23(20(2)15-19)35-30-27(29(33-35)31(3,4)5)28(22-16-21(39-7)10-12-24(22)40-8)41-18-26(37)34(30)17-25(36)32-13-14-38-6/h9-12,15-16,28H,13-14,17-18H2,1-8H3,(H,32,36)/t28-/m0/s1. The van der Waals surface area contributed by atoms with Crippen LogP contribution in [0.1, 0.15) is 54.0 Å². The summed E-state index contributed by atoms with van der Waals surface area (Å²) in [5.74, 6) is 1.69. The Morgan fingerprint density at radius 3 is 2.49 bits per heavy atom. The summed E-state index contributed by atoms with van der Waals surface area (Å²) >= 11 is 1.50. The first-order valence-electron chi connectivity index (χ1n) is 13.6. The zero-order chi connectivity index (χ0) is 29.9. The van der Waals surface area contributed by atoms with Crippen molar-refractivity contribution in [3.63, 3.8) is 0 Å². The van der Waals surface area contributed by atoms with Crippen molar-refractivity contribution in [2.75, 3.05) is 51.7 Å². The van der Waals surface area contributed by atoms with E-state index in [0.29, 0.717) is 30.5 Å². The second-order valence-corrected chi connectivity index (χ2v) is 12.3. The van der Waals surface area contributed by atoms with Crippen LogP contribution < -0.4 is 19.7 Å². The molecule has 0 saturated carbocycles. The maximum absolute atomic E-state index is 13.9. The van der Waals surface area contributed by atoms with Gasteiger partial charge in [-0.1, -0.05) is 38.5 Å². The summed E-state index contributed by atoms with van der Waals surface area (Å²) in [6, 6.07) is 11.8. The average molecular weight is 581 g/mol. The number of methoxy groups -OCH3 is 3. The number of ether oxygens (including phenoxy) is 3. The fraction of sp³-hybridized carbons (Fsp3) is 0.452. The molecule has 220 valence electrons. The zero-order valence-electron chi connectivity index (χ0n) is 25.2. The number of thioether (sulfide) groups is 1. The molecule has 41 heavy (non-hydrogen) atoms. The summed E-state index contributed by atoms with van der Waals surface area (Å²) in [7, 11) is 4.85. The molecule has 2 aromatic carbocycles. The molecule has 0 fully saturated rings. The molecule has 4 rings (SSSR count). The van der Waals surface area contributed by atoms with Crippen molar-refractivity contribution in [3.05, 3.63) is 64.3 Å². The number of nitrogens with one attached hydrogen (secondary N) is 1. The smallest absolute Gasteiger partial charge is 0.240 e. The van der Waals surface area contributed by atoms with Crippen LogP contribution in [0.15, 0.2) is 36.4 Å². The third-order valence-electron chi connectivity index (χ3n) is 7.03. The van der Waals surface area contributed by atoms with E-state index in [2.05, 4.69) is 32.2 Å². The highest BCUT2D eigenvalue weighted by molar-refractivity contribution is 8.00. The highest BCUT2D eigenvalue weighted by Gasteiger charge is 2.41. The van der Waals surface area contributed by atoms with Crippen LogP contribution in [0, 0.1) is 13.8 Å². The molecule has 2 heterocycles. The third kappa shape index (κ3) is 6.38. The van der Waals surface area contributed by atoms with E-state index in [9.17, 15) is 9.59 Å². The minimum absolute atomic E-state index is 0.141. The number of rotatable bonds is 9. The second-order valence-electron chi connectivity index (χ2n) is 11.2. The van der Waals surface area contributed by atoms with Gasteiger partial charge < -0.3 is 19.5 Å². The molecule has 0 bridgehead atoms. The van der Waals surface area contributed by atoms with Gasteiger partial charge in [-0.15, -0.1) is 11.8 Å². The first-order chi connectivity index (χ1) is 19.5. The van der Waals surface area contributed by atoms with Crippen LogP contribution in [0.25, 0.3) is 5.69 Å². The van der Waals surface area contributed by atoms with E-state index in [0.717, 1.165) is 33.6 Å². The van der Waals surface area contributed by atoms with Crippen molar-refractivity contribution in [2.24, 2.45) is 0 Å². The molecule has 1 N–H and O–H groups in total. The molecule has 0 radical (unpaired) electrons. The fourth-order valence-electron chi connectivity index (χ4n) is 5.07. The first kappa shape index (κ1) is 30.5. The van der Waals surface area contributed by atoms with E-state index in [1.54, 1.807) is 26.2 Å². The lowest BCUT2D eigenvalue weighted by Crippen LogP contribution is -2.43. The number of nitrogens with zero attached hydrogens (tertiary/aromatic N) is 3. The minimum atomic E-state index is -0.376. The molecule has 2 amide bonds. The van der Waals surface area contributed by atoms with Crippen LogP contribution in [0.2, 0.25) is 0 Å². The number of aromatic nitrogens is 2. The van der Waals surface area contributed by atoms with Crippen LogP contribution in [-0.4, -0.2) is 68.4 Å². The largest absolute Gasteiger partial charge is 0.497 e. The number of amides is 2. The Bertz CT molecular complexity index is 1430. The fourth-order valence-corrected chi connectivity index (χ4v) is 6.28. The van der Waals surface area contributed by atoms with E-state index < -0.39 is 0 Å². The van der Waals surface area contributed by atoms with Crippen molar-refractivity contribution < 1.29 is 23.8 Å². The number of anilines is 1. The molecular formula is C31H40N4O5S. The van der Waals surface area contributed by atoms with Gasteiger partial charge in [0.15, 0.2) is 0 Å². The molecular weight excluding hydrogens is 540 g/mol. The SMILES string of the molecule is COCCNC(=O)CN1C(=O)CS[C@@H](c2cc(OC)ccc2OC)c2c(C(C)(C)C)nn(-c3ccc(C)cc3C)c21. The topological polar surface area (TPSA) is 94.9 Å². The van der Waals surface area contributed by atoms with E-state index >= 15 is 0 Å². The molecule has 0 unspecified atom stereocenters. The molecule has 0 spiro atoms. The minimum Gasteiger partial charge on any atom is -0.497 e. The number of hydrogen-bond acceptors (Lipinski definition) is 7. The van der Waals surface area contributed by atoms with Crippen LogP contribution in [-0.2, 0) is 19.7 Å². The van der Waals surface area contributed by atoms with Crippen molar-refractivity contribution in [2.45, 2.75) is 45.3 Å². The van der Waals surface area contributed by atoms with E-state index in [-0.39, 0.29) is 34.8 Å². The quantitative estimate of drug-likeness (QED) is 0.366. The lowest BCUT2D eigenvalue weighted by atomic mass is 9.87. The van der Waals surface area contributed by atoms with Crippen molar-refractivity contribution in [1.82, 2.24) is 15.1 Å². The predicted octanol–water partition coefficient (Wildman–Crippen LogP) is 4.74. The molecule has 9 nitrogen and oxygen atoms in total. The Balaban J connectivity index is 2.03. The average Bonchev–Trinajstić information content (AvgIpc) is 3.26. The van der Waals surface area contributed by atoms with Gasteiger partial charge in [-0.05, 0) is 43.7 Å². The molecule has 1 atom stereocenters. The van der Waals surface area contributed by atoms with E-state index in [1.807, 2.05) is 48.9 Å². The van der Waals surface area contributed by atoms with Gasteiger partial charge in [0.05, 0.1) is 43.2 Å².